The Labute approximate surface area is 120 Å². The maximum atomic E-state index is 13.2. The fourth-order valence-corrected chi connectivity index (χ4v) is 2.51. The minimum absolute atomic E-state index is 0.143. The average Bonchev–Trinajstić information content (AvgIpc) is 2.75. The van der Waals surface area contributed by atoms with Gasteiger partial charge < -0.3 is 5.73 Å². The summed E-state index contributed by atoms with van der Waals surface area (Å²) in [5, 5.41) is 4.39. The number of rotatable bonds is 4. The van der Waals surface area contributed by atoms with Crippen LogP contribution in [0, 0.1) is 5.82 Å². The van der Waals surface area contributed by atoms with Crippen LogP contribution in [0.4, 0.5) is 4.39 Å². The minimum atomic E-state index is -0.258. The van der Waals surface area contributed by atoms with E-state index >= 15 is 0 Å². The third-order valence-electron chi connectivity index (χ3n) is 3.15. The second-order valence-corrected chi connectivity index (χ2v) is 5.45. The molecule has 0 amide bonds. The van der Waals surface area contributed by atoms with E-state index in [-0.39, 0.29) is 11.9 Å². The van der Waals surface area contributed by atoms with Gasteiger partial charge in [0.25, 0.3) is 0 Å². The quantitative estimate of drug-likeness (QED) is 0.938. The molecule has 5 heteroatoms. The van der Waals surface area contributed by atoms with E-state index in [1.807, 2.05) is 17.8 Å². The van der Waals surface area contributed by atoms with Crippen LogP contribution in [0.3, 0.4) is 0 Å². The first-order valence-electron chi connectivity index (χ1n) is 6.23. The van der Waals surface area contributed by atoms with Gasteiger partial charge in [-0.15, -0.1) is 0 Å². The van der Waals surface area contributed by atoms with E-state index in [1.54, 1.807) is 12.1 Å². The van der Waals surface area contributed by atoms with Crippen LogP contribution in [0.2, 0.25) is 0 Å². The van der Waals surface area contributed by atoms with Crippen LogP contribution >= 0.6 is 15.9 Å². The van der Waals surface area contributed by atoms with Crippen molar-refractivity contribution in [2.24, 2.45) is 12.8 Å². The maximum Gasteiger partial charge on any atom is 0.137 e. The summed E-state index contributed by atoms with van der Waals surface area (Å²) in [6, 6.07) is 6.87. The average molecular weight is 326 g/mol. The third kappa shape index (κ3) is 3.22. The summed E-state index contributed by atoms with van der Waals surface area (Å²) < 4.78 is 15.5. The molecule has 0 radical (unpaired) electrons. The SMILES string of the molecule is CCc1cc(C(N)Cc2ccc(F)c(Br)c2)n(C)n1. The Kier molecular flexibility index (Phi) is 4.37. The first kappa shape index (κ1) is 14.2. The number of benzene rings is 1. The fourth-order valence-electron chi connectivity index (χ4n) is 2.09. The van der Waals surface area contributed by atoms with Crippen molar-refractivity contribution in [3.8, 4) is 0 Å². The zero-order valence-corrected chi connectivity index (χ0v) is 12.6. The lowest BCUT2D eigenvalue weighted by Crippen LogP contribution is -2.17. The van der Waals surface area contributed by atoms with Crippen LogP contribution in [0.15, 0.2) is 28.7 Å². The summed E-state index contributed by atoms with van der Waals surface area (Å²) in [6.45, 7) is 2.06. The number of nitrogens with two attached hydrogens (primary N) is 1. The van der Waals surface area contributed by atoms with Gasteiger partial charge in [-0.25, -0.2) is 4.39 Å². The van der Waals surface area contributed by atoms with Gasteiger partial charge in [0.1, 0.15) is 5.82 Å². The van der Waals surface area contributed by atoms with E-state index in [1.165, 1.54) is 6.07 Å². The van der Waals surface area contributed by atoms with Crippen LogP contribution in [-0.2, 0) is 19.9 Å². The number of hydrogen-bond acceptors (Lipinski definition) is 2. The van der Waals surface area contributed by atoms with Gasteiger partial charge in [0, 0.05) is 7.05 Å². The second kappa shape index (κ2) is 5.84. The molecule has 1 atom stereocenters. The number of aryl methyl sites for hydroxylation is 2. The number of hydrogen-bond donors (Lipinski definition) is 1. The van der Waals surface area contributed by atoms with Gasteiger partial charge >= 0.3 is 0 Å². The van der Waals surface area contributed by atoms with E-state index in [0.717, 1.165) is 23.4 Å². The molecule has 0 saturated carbocycles. The van der Waals surface area contributed by atoms with E-state index in [9.17, 15) is 4.39 Å². The Balaban J connectivity index is 2.17. The zero-order valence-electron chi connectivity index (χ0n) is 11.0. The Morgan fingerprint density at radius 3 is 2.74 bits per heavy atom. The van der Waals surface area contributed by atoms with Gasteiger partial charge in [0.05, 0.1) is 21.9 Å². The van der Waals surface area contributed by atoms with Crippen molar-refractivity contribution in [3.63, 3.8) is 0 Å². The van der Waals surface area contributed by atoms with Crippen molar-refractivity contribution < 1.29 is 4.39 Å². The molecular formula is C14H17BrFN3. The highest BCUT2D eigenvalue weighted by molar-refractivity contribution is 9.10. The Morgan fingerprint density at radius 1 is 1.42 bits per heavy atom. The van der Waals surface area contributed by atoms with Gasteiger partial charge in [-0.05, 0) is 52.5 Å². The summed E-state index contributed by atoms with van der Waals surface area (Å²) in [7, 11) is 1.90. The number of aromatic nitrogens is 2. The predicted molar refractivity (Wildman–Crippen MR) is 77.3 cm³/mol. The van der Waals surface area contributed by atoms with Crippen LogP contribution in [0.1, 0.15) is 29.9 Å². The molecule has 0 saturated heterocycles. The zero-order chi connectivity index (χ0) is 14.0. The van der Waals surface area contributed by atoms with Crippen molar-refractivity contribution in [1.82, 2.24) is 9.78 Å². The van der Waals surface area contributed by atoms with Crippen molar-refractivity contribution in [2.45, 2.75) is 25.8 Å². The van der Waals surface area contributed by atoms with Gasteiger partial charge in [0.15, 0.2) is 0 Å². The molecule has 0 aliphatic heterocycles. The molecule has 102 valence electrons. The second-order valence-electron chi connectivity index (χ2n) is 4.60. The summed E-state index contributed by atoms with van der Waals surface area (Å²) in [5.41, 5.74) is 9.25. The van der Waals surface area contributed by atoms with Gasteiger partial charge in [-0.2, -0.15) is 5.10 Å². The largest absolute Gasteiger partial charge is 0.322 e. The normalized spacial score (nSPS) is 12.7. The van der Waals surface area contributed by atoms with Gasteiger partial charge in [0.2, 0.25) is 0 Å². The van der Waals surface area contributed by atoms with E-state index in [2.05, 4.69) is 28.0 Å². The fraction of sp³-hybridized carbons (Fsp3) is 0.357. The van der Waals surface area contributed by atoms with Gasteiger partial charge in [-0.3, -0.25) is 4.68 Å². The molecule has 2 N–H and O–H groups in total. The highest BCUT2D eigenvalue weighted by atomic mass is 79.9. The topological polar surface area (TPSA) is 43.8 Å². The van der Waals surface area contributed by atoms with Crippen molar-refractivity contribution in [3.05, 3.63) is 51.5 Å². The molecule has 1 aromatic carbocycles. The molecule has 1 aromatic heterocycles. The molecule has 1 unspecified atom stereocenters. The van der Waals surface area contributed by atoms with Crippen LogP contribution in [0.25, 0.3) is 0 Å². The van der Waals surface area contributed by atoms with E-state index < -0.39 is 0 Å². The van der Waals surface area contributed by atoms with E-state index in [0.29, 0.717) is 10.9 Å². The highest BCUT2D eigenvalue weighted by Crippen LogP contribution is 2.21. The summed E-state index contributed by atoms with van der Waals surface area (Å²) >= 11 is 3.19. The number of halogens is 2. The third-order valence-corrected chi connectivity index (χ3v) is 3.76. The molecule has 19 heavy (non-hydrogen) atoms. The lowest BCUT2D eigenvalue weighted by Gasteiger charge is -2.12. The molecule has 0 fully saturated rings. The Bertz CT molecular complexity index is 580. The Morgan fingerprint density at radius 2 is 2.16 bits per heavy atom. The monoisotopic (exact) mass is 325 g/mol. The first-order valence-corrected chi connectivity index (χ1v) is 7.03. The highest BCUT2D eigenvalue weighted by Gasteiger charge is 2.13. The summed E-state index contributed by atoms with van der Waals surface area (Å²) in [6.07, 6.45) is 1.55. The number of nitrogens with zero attached hydrogens (tertiary/aromatic N) is 2. The minimum Gasteiger partial charge on any atom is -0.322 e. The van der Waals surface area contributed by atoms with Crippen molar-refractivity contribution in [2.75, 3.05) is 0 Å². The van der Waals surface area contributed by atoms with Crippen LogP contribution in [-0.4, -0.2) is 9.78 Å². The molecule has 0 aliphatic rings. The summed E-state index contributed by atoms with van der Waals surface area (Å²) in [5.74, 6) is -0.258. The molecule has 2 rings (SSSR count). The Hall–Kier alpha value is -1.20. The maximum absolute atomic E-state index is 13.2. The molecule has 0 spiro atoms. The van der Waals surface area contributed by atoms with Crippen LogP contribution < -0.4 is 5.73 Å². The molecular weight excluding hydrogens is 309 g/mol. The van der Waals surface area contributed by atoms with Crippen LogP contribution in [0.5, 0.6) is 0 Å². The lowest BCUT2D eigenvalue weighted by atomic mass is 10.0. The molecule has 0 aliphatic carbocycles. The molecule has 2 aromatic rings. The van der Waals surface area contributed by atoms with Crippen molar-refractivity contribution in [1.29, 1.82) is 0 Å². The lowest BCUT2D eigenvalue weighted by molar-refractivity contribution is 0.606. The summed E-state index contributed by atoms with van der Waals surface area (Å²) in [4.78, 5) is 0. The molecule has 1 heterocycles. The molecule has 3 nitrogen and oxygen atoms in total. The standard InChI is InChI=1S/C14H17BrFN3/c1-3-10-8-14(19(2)18-10)13(17)7-9-4-5-12(16)11(15)6-9/h4-6,8,13H,3,7,17H2,1-2H3. The van der Waals surface area contributed by atoms with Gasteiger partial charge in [-0.1, -0.05) is 13.0 Å². The smallest absolute Gasteiger partial charge is 0.137 e. The molecule has 0 bridgehead atoms. The van der Waals surface area contributed by atoms with E-state index in [4.69, 9.17) is 5.73 Å². The first-order chi connectivity index (χ1) is 9.01. The van der Waals surface area contributed by atoms with Crippen molar-refractivity contribution >= 4 is 15.9 Å². The predicted octanol–water partition coefficient (Wildman–Crippen LogP) is 3.13.